The summed E-state index contributed by atoms with van der Waals surface area (Å²) in [5.41, 5.74) is 19.0. The number of benzene rings is 8. The van der Waals surface area contributed by atoms with Crippen molar-refractivity contribution >= 4 is 43.6 Å². The standard InChI is InChI=1S/C61H56N2/c1-58(2,3)42-37-48(57-47-23-13-16-24-51(47)61(52(57)38-42,59(4,5)6)60(7,8)9)39-27-31-44(32-28-39)63-54-26-18-15-22-46(54)50-36-41(30-34-56(50)63)40-29-33-55-49(35-40)45-21-14-17-25-53(45)62(55)43-19-11-10-12-20-43/h10-38H,1-9H3. The van der Waals surface area contributed by atoms with Gasteiger partial charge in [-0.25, -0.2) is 0 Å². The Labute approximate surface area is 372 Å². The van der Waals surface area contributed by atoms with E-state index in [1.54, 1.807) is 0 Å². The van der Waals surface area contributed by atoms with Crippen molar-refractivity contribution in [3.63, 3.8) is 0 Å². The number of nitrogens with zero attached hydrogens (tertiary/aromatic N) is 2. The summed E-state index contributed by atoms with van der Waals surface area (Å²) in [6.07, 6.45) is 0. The predicted octanol–water partition coefficient (Wildman–Crippen LogP) is 16.9. The van der Waals surface area contributed by atoms with E-state index in [2.05, 4.69) is 247 Å². The highest BCUT2D eigenvalue weighted by Gasteiger charge is 2.58. The van der Waals surface area contributed by atoms with E-state index in [0.29, 0.717) is 0 Å². The minimum Gasteiger partial charge on any atom is -0.309 e. The van der Waals surface area contributed by atoms with E-state index in [1.165, 1.54) is 99.4 Å². The van der Waals surface area contributed by atoms with Gasteiger partial charge in [0.2, 0.25) is 0 Å². The molecule has 0 fully saturated rings. The normalized spacial score (nSPS) is 13.9. The first-order valence-corrected chi connectivity index (χ1v) is 22.7. The van der Waals surface area contributed by atoms with Crippen LogP contribution in [0.15, 0.2) is 176 Å². The Kier molecular flexibility index (Phi) is 8.52. The third-order valence-corrected chi connectivity index (χ3v) is 14.4. The van der Waals surface area contributed by atoms with Crippen molar-refractivity contribution in [2.75, 3.05) is 0 Å². The second-order valence-corrected chi connectivity index (χ2v) is 21.0. The maximum absolute atomic E-state index is 2.57. The van der Waals surface area contributed by atoms with Crippen LogP contribution in [0.2, 0.25) is 0 Å². The van der Waals surface area contributed by atoms with Gasteiger partial charge in [-0.15, -0.1) is 0 Å². The summed E-state index contributed by atoms with van der Waals surface area (Å²) in [7, 11) is 0. The van der Waals surface area contributed by atoms with E-state index in [4.69, 9.17) is 0 Å². The number of fused-ring (bicyclic) bond motifs is 9. The van der Waals surface area contributed by atoms with Crippen molar-refractivity contribution in [2.24, 2.45) is 10.8 Å². The second kappa shape index (κ2) is 13.7. The van der Waals surface area contributed by atoms with Crippen LogP contribution in [0.3, 0.4) is 0 Å². The zero-order valence-electron chi connectivity index (χ0n) is 38.1. The Morgan fingerprint density at radius 3 is 1.35 bits per heavy atom. The van der Waals surface area contributed by atoms with E-state index < -0.39 is 0 Å². The molecule has 0 aliphatic heterocycles. The van der Waals surface area contributed by atoms with Gasteiger partial charge in [0.05, 0.1) is 22.1 Å². The van der Waals surface area contributed by atoms with Crippen molar-refractivity contribution in [2.45, 2.75) is 73.1 Å². The van der Waals surface area contributed by atoms with Crippen molar-refractivity contribution in [3.05, 3.63) is 193 Å². The average Bonchev–Trinajstić information content (AvgIpc) is 3.90. The summed E-state index contributed by atoms with van der Waals surface area (Å²) in [4.78, 5) is 0. The molecule has 310 valence electrons. The highest BCUT2D eigenvalue weighted by atomic mass is 15.0. The van der Waals surface area contributed by atoms with Gasteiger partial charge < -0.3 is 9.13 Å². The van der Waals surface area contributed by atoms with Gasteiger partial charge in [0.15, 0.2) is 0 Å². The Balaban J connectivity index is 1.05. The lowest BCUT2D eigenvalue weighted by molar-refractivity contribution is 0.0949. The third kappa shape index (κ3) is 5.70. The van der Waals surface area contributed by atoms with Crippen molar-refractivity contribution in [1.82, 2.24) is 9.13 Å². The van der Waals surface area contributed by atoms with Crippen molar-refractivity contribution in [1.29, 1.82) is 0 Å². The number of rotatable bonds is 4. The number of aromatic nitrogens is 2. The number of hydrogen-bond acceptors (Lipinski definition) is 0. The molecule has 0 atom stereocenters. The monoisotopic (exact) mass is 816 g/mol. The molecule has 11 rings (SSSR count). The minimum atomic E-state index is -0.184. The topological polar surface area (TPSA) is 9.86 Å². The van der Waals surface area contributed by atoms with Crippen molar-refractivity contribution < 1.29 is 0 Å². The molecule has 0 saturated carbocycles. The Bertz CT molecular complexity index is 3410. The summed E-state index contributed by atoms with van der Waals surface area (Å²) in [6.45, 7) is 21.7. The second-order valence-electron chi connectivity index (χ2n) is 21.0. The highest BCUT2D eigenvalue weighted by molar-refractivity contribution is 6.12. The van der Waals surface area contributed by atoms with Gasteiger partial charge in [-0.2, -0.15) is 0 Å². The van der Waals surface area contributed by atoms with Crippen LogP contribution in [-0.2, 0) is 10.8 Å². The summed E-state index contributed by atoms with van der Waals surface area (Å²) in [5, 5.41) is 5.04. The Hall–Kier alpha value is -6.64. The van der Waals surface area contributed by atoms with Crippen LogP contribution in [0.1, 0.15) is 79.0 Å². The van der Waals surface area contributed by atoms with Gasteiger partial charge in [-0.3, -0.25) is 0 Å². The molecule has 0 radical (unpaired) electrons. The van der Waals surface area contributed by atoms with Crippen molar-refractivity contribution in [3.8, 4) is 44.8 Å². The molecule has 0 N–H and O–H groups in total. The minimum absolute atomic E-state index is 0.0192. The van der Waals surface area contributed by atoms with E-state index in [0.717, 1.165) is 5.69 Å². The smallest absolute Gasteiger partial charge is 0.0541 e. The molecule has 0 unspecified atom stereocenters. The molecule has 1 aliphatic rings. The SMILES string of the molecule is CC(C)(C)c1cc(-c2ccc(-n3c4ccccc4c4cc(-c5ccc6c(c5)c5ccccc5n6-c5ccccc5)ccc43)cc2)c2c(c1)C(C(C)(C)C)(C(C)(C)C)c1ccccc1-2. The van der Waals surface area contributed by atoms with Gasteiger partial charge in [-0.1, -0.05) is 172 Å². The van der Waals surface area contributed by atoms with Crippen LogP contribution in [0.25, 0.3) is 88.4 Å². The van der Waals surface area contributed by atoms with E-state index in [9.17, 15) is 0 Å². The molecular formula is C61H56N2. The fourth-order valence-corrected chi connectivity index (χ4v) is 12.0. The third-order valence-electron chi connectivity index (χ3n) is 14.4. The van der Waals surface area contributed by atoms with Crippen LogP contribution in [-0.4, -0.2) is 9.13 Å². The summed E-state index contributed by atoms with van der Waals surface area (Å²) in [6, 6.07) is 66.0. The van der Waals surface area contributed by atoms with Gasteiger partial charge in [0.25, 0.3) is 0 Å². The van der Waals surface area contributed by atoms with Crippen LogP contribution in [0.4, 0.5) is 0 Å². The molecule has 0 spiro atoms. The molecule has 0 bridgehead atoms. The quantitative estimate of drug-likeness (QED) is 0.167. The predicted molar refractivity (Wildman–Crippen MR) is 270 cm³/mol. The lowest BCUT2D eigenvalue weighted by Crippen LogP contribution is -2.50. The fourth-order valence-electron chi connectivity index (χ4n) is 12.0. The van der Waals surface area contributed by atoms with Gasteiger partial charge >= 0.3 is 0 Å². The lowest BCUT2D eigenvalue weighted by atomic mass is 9.50. The van der Waals surface area contributed by atoms with E-state index >= 15 is 0 Å². The fraction of sp³-hybridized carbons (Fsp3) is 0.213. The molecule has 2 heterocycles. The first-order valence-electron chi connectivity index (χ1n) is 22.7. The summed E-state index contributed by atoms with van der Waals surface area (Å²) >= 11 is 0. The average molecular weight is 817 g/mol. The molecule has 2 heteroatoms. The van der Waals surface area contributed by atoms with Crippen LogP contribution < -0.4 is 0 Å². The molecule has 63 heavy (non-hydrogen) atoms. The Morgan fingerprint density at radius 1 is 0.349 bits per heavy atom. The first kappa shape index (κ1) is 39.2. The molecule has 2 aromatic heterocycles. The van der Waals surface area contributed by atoms with Crippen LogP contribution in [0.5, 0.6) is 0 Å². The summed E-state index contributed by atoms with van der Waals surface area (Å²) in [5.74, 6) is 0. The molecule has 0 saturated heterocycles. The zero-order valence-corrected chi connectivity index (χ0v) is 38.1. The molecule has 1 aliphatic carbocycles. The molecule has 0 amide bonds. The number of para-hydroxylation sites is 3. The van der Waals surface area contributed by atoms with Crippen LogP contribution in [0, 0.1) is 10.8 Å². The molecule has 2 nitrogen and oxygen atoms in total. The van der Waals surface area contributed by atoms with Gasteiger partial charge in [-0.05, 0) is 133 Å². The van der Waals surface area contributed by atoms with Gasteiger partial charge in [0, 0.05) is 38.3 Å². The summed E-state index contributed by atoms with van der Waals surface area (Å²) < 4.78 is 4.83. The zero-order chi connectivity index (χ0) is 43.6. The molecule has 8 aromatic carbocycles. The Morgan fingerprint density at radius 2 is 0.810 bits per heavy atom. The van der Waals surface area contributed by atoms with Crippen LogP contribution >= 0.6 is 0 Å². The first-order chi connectivity index (χ1) is 30.2. The maximum atomic E-state index is 2.57. The highest BCUT2D eigenvalue weighted by Crippen LogP contribution is 2.66. The van der Waals surface area contributed by atoms with E-state index in [1.807, 2.05) is 0 Å². The lowest BCUT2D eigenvalue weighted by Gasteiger charge is -2.53. The largest absolute Gasteiger partial charge is 0.309 e. The number of hydrogen-bond donors (Lipinski definition) is 0. The van der Waals surface area contributed by atoms with E-state index in [-0.39, 0.29) is 21.7 Å². The maximum Gasteiger partial charge on any atom is 0.0541 e. The van der Waals surface area contributed by atoms with Gasteiger partial charge in [0.1, 0.15) is 0 Å². The molecular weight excluding hydrogens is 761 g/mol. The molecule has 10 aromatic rings.